The zero-order valence-corrected chi connectivity index (χ0v) is 18.0. The van der Waals surface area contributed by atoms with Crippen LogP contribution in [-0.2, 0) is 0 Å². The number of rotatable bonds is 4. The monoisotopic (exact) mass is 457 g/mol. The van der Waals surface area contributed by atoms with Gasteiger partial charge in [0.05, 0.1) is 11.9 Å². The van der Waals surface area contributed by atoms with E-state index in [9.17, 15) is 0 Å². The van der Waals surface area contributed by atoms with Gasteiger partial charge in [-0.25, -0.2) is 4.68 Å². The molecule has 144 valence electrons. The summed E-state index contributed by atoms with van der Waals surface area (Å²) in [6.07, 6.45) is 1.83. The summed E-state index contributed by atoms with van der Waals surface area (Å²) in [4.78, 5) is 5.58. The molecule has 1 aromatic heterocycles. The van der Waals surface area contributed by atoms with Gasteiger partial charge in [0.1, 0.15) is 13.2 Å². The van der Waals surface area contributed by atoms with Crippen molar-refractivity contribution in [2.75, 3.05) is 13.2 Å². The van der Waals surface area contributed by atoms with E-state index in [4.69, 9.17) is 19.6 Å². The minimum Gasteiger partial charge on any atom is -0.486 e. The van der Waals surface area contributed by atoms with Crippen LogP contribution < -0.4 is 14.3 Å². The number of thiazole rings is 1. The Bertz CT molecular complexity index is 1090. The molecule has 0 fully saturated rings. The molecular formula is C21H20BrN3O2S. The molecule has 5 nitrogen and oxygen atoms in total. The van der Waals surface area contributed by atoms with Gasteiger partial charge in [0.15, 0.2) is 11.5 Å². The highest BCUT2D eigenvalue weighted by Crippen LogP contribution is 2.30. The van der Waals surface area contributed by atoms with Gasteiger partial charge in [0.25, 0.3) is 0 Å². The van der Waals surface area contributed by atoms with Crippen molar-refractivity contribution in [2.24, 2.45) is 10.1 Å². The van der Waals surface area contributed by atoms with Crippen LogP contribution in [0.1, 0.15) is 19.4 Å². The third kappa shape index (κ3) is 4.20. The van der Waals surface area contributed by atoms with E-state index in [-0.39, 0.29) is 6.04 Å². The molecular weight excluding hydrogens is 438 g/mol. The summed E-state index contributed by atoms with van der Waals surface area (Å²) in [5.74, 6) is 1.53. The fraction of sp³-hybridized carbons (Fsp3) is 0.238. The van der Waals surface area contributed by atoms with Gasteiger partial charge in [-0.3, -0.25) is 4.99 Å². The van der Waals surface area contributed by atoms with Crippen LogP contribution in [0.2, 0.25) is 0 Å². The molecule has 0 radical (unpaired) electrons. The van der Waals surface area contributed by atoms with Crippen LogP contribution in [0.15, 0.2) is 62.4 Å². The molecule has 0 atom stereocenters. The molecule has 0 unspecified atom stereocenters. The van der Waals surface area contributed by atoms with Crippen LogP contribution in [0.5, 0.6) is 11.5 Å². The lowest BCUT2D eigenvalue weighted by Crippen LogP contribution is -2.15. The van der Waals surface area contributed by atoms with Crippen molar-refractivity contribution < 1.29 is 9.47 Å². The molecule has 4 rings (SSSR count). The van der Waals surface area contributed by atoms with E-state index in [1.165, 1.54) is 0 Å². The third-order valence-electron chi connectivity index (χ3n) is 4.06. The zero-order valence-electron chi connectivity index (χ0n) is 15.6. The standard InChI is InChI=1S/C21H20BrN3O2S/c1-14(2)24-21-25(18(13-28-21)16-4-3-5-17(22)11-16)23-12-15-6-7-19-20(10-15)27-9-8-26-19/h3-7,10-14H,8-9H2,1-2H3. The fourth-order valence-corrected chi connectivity index (χ4v) is 4.20. The first-order chi connectivity index (χ1) is 13.6. The van der Waals surface area contributed by atoms with Crippen molar-refractivity contribution in [1.82, 2.24) is 4.68 Å². The molecule has 7 heteroatoms. The van der Waals surface area contributed by atoms with Gasteiger partial charge in [-0.15, -0.1) is 11.3 Å². The van der Waals surface area contributed by atoms with E-state index in [2.05, 4.69) is 47.3 Å². The molecule has 1 aliphatic rings. The molecule has 2 aromatic carbocycles. The summed E-state index contributed by atoms with van der Waals surface area (Å²) in [6, 6.07) is 14.2. The van der Waals surface area contributed by atoms with Gasteiger partial charge in [0.2, 0.25) is 4.80 Å². The Morgan fingerprint density at radius 2 is 1.93 bits per heavy atom. The van der Waals surface area contributed by atoms with Crippen molar-refractivity contribution in [3.8, 4) is 22.8 Å². The van der Waals surface area contributed by atoms with Crippen LogP contribution in [-0.4, -0.2) is 30.1 Å². The Hall–Kier alpha value is -2.38. The molecule has 28 heavy (non-hydrogen) atoms. The van der Waals surface area contributed by atoms with Gasteiger partial charge >= 0.3 is 0 Å². The molecule has 0 saturated carbocycles. The minimum absolute atomic E-state index is 0.185. The highest BCUT2D eigenvalue weighted by molar-refractivity contribution is 9.10. The van der Waals surface area contributed by atoms with Crippen molar-refractivity contribution in [2.45, 2.75) is 19.9 Å². The van der Waals surface area contributed by atoms with Gasteiger partial charge < -0.3 is 9.47 Å². The SMILES string of the molecule is CC(C)N=c1scc(-c2cccc(Br)c2)n1N=Cc1ccc2c(c1)OCCO2. The summed E-state index contributed by atoms with van der Waals surface area (Å²) in [5, 5.41) is 6.83. The van der Waals surface area contributed by atoms with E-state index in [1.807, 2.05) is 41.2 Å². The average molecular weight is 458 g/mol. The number of hydrogen-bond donors (Lipinski definition) is 0. The van der Waals surface area contributed by atoms with Crippen molar-refractivity contribution in [1.29, 1.82) is 0 Å². The number of nitrogens with zero attached hydrogens (tertiary/aromatic N) is 3. The lowest BCUT2D eigenvalue weighted by molar-refractivity contribution is 0.171. The highest BCUT2D eigenvalue weighted by atomic mass is 79.9. The number of hydrogen-bond acceptors (Lipinski definition) is 5. The molecule has 0 saturated heterocycles. The van der Waals surface area contributed by atoms with Crippen molar-refractivity contribution in [3.05, 3.63) is 62.7 Å². The molecule has 0 bridgehead atoms. The maximum absolute atomic E-state index is 5.67. The predicted octanol–water partition coefficient (Wildman–Crippen LogP) is 4.94. The molecule has 1 aliphatic heterocycles. The summed E-state index contributed by atoms with van der Waals surface area (Å²) in [6.45, 7) is 5.28. The Kier molecular flexibility index (Phi) is 5.64. The Morgan fingerprint density at radius 3 is 2.71 bits per heavy atom. The number of fused-ring (bicyclic) bond motifs is 1. The second-order valence-corrected chi connectivity index (χ2v) is 8.35. The number of ether oxygens (including phenoxy) is 2. The summed E-state index contributed by atoms with van der Waals surface area (Å²) >= 11 is 5.13. The van der Waals surface area contributed by atoms with Crippen LogP contribution in [0.4, 0.5) is 0 Å². The summed E-state index contributed by atoms with van der Waals surface area (Å²) < 4.78 is 14.2. The first kappa shape index (κ1) is 19.0. The lowest BCUT2D eigenvalue weighted by Gasteiger charge is -2.18. The minimum atomic E-state index is 0.185. The highest BCUT2D eigenvalue weighted by Gasteiger charge is 2.12. The van der Waals surface area contributed by atoms with E-state index in [1.54, 1.807) is 11.3 Å². The average Bonchev–Trinajstić information content (AvgIpc) is 3.08. The maximum Gasteiger partial charge on any atom is 0.206 e. The second-order valence-electron chi connectivity index (χ2n) is 6.60. The molecule has 0 spiro atoms. The van der Waals surface area contributed by atoms with Gasteiger partial charge in [0, 0.05) is 21.5 Å². The van der Waals surface area contributed by atoms with Crippen LogP contribution in [0, 0.1) is 0 Å². The maximum atomic E-state index is 5.67. The normalized spacial score (nSPS) is 14.2. The largest absolute Gasteiger partial charge is 0.486 e. The summed E-state index contributed by atoms with van der Waals surface area (Å²) in [5.41, 5.74) is 3.02. The summed E-state index contributed by atoms with van der Waals surface area (Å²) in [7, 11) is 0. The van der Waals surface area contributed by atoms with E-state index < -0.39 is 0 Å². The van der Waals surface area contributed by atoms with E-state index in [0.717, 1.165) is 37.6 Å². The molecule has 2 heterocycles. The van der Waals surface area contributed by atoms with Gasteiger partial charge in [-0.1, -0.05) is 28.1 Å². The zero-order chi connectivity index (χ0) is 19.5. The first-order valence-electron chi connectivity index (χ1n) is 9.04. The number of benzene rings is 2. The first-order valence-corrected chi connectivity index (χ1v) is 10.7. The number of aromatic nitrogens is 1. The van der Waals surface area contributed by atoms with Gasteiger partial charge in [-0.2, -0.15) is 5.10 Å². The van der Waals surface area contributed by atoms with Crippen LogP contribution in [0.3, 0.4) is 0 Å². The molecule has 0 aliphatic carbocycles. The topological polar surface area (TPSA) is 48.1 Å². The quantitative estimate of drug-likeness (QED) is 0.520. The van der Waals surface area contributed by atoms with Crippen LogP contribution in [0.25, 0.3) is 11.3 Å². The fourth-order valence-electron chi connectivity index (χ4n) is 2.83. The second kappa shape index (κ2) is 8.32. The molecule has 0 N–H and O–H groups in total. The van der Waals surface area contributed by atoms with Crippen LogP contribution >= 0.6 is 27.3 Å². The third-order valence-corrected chi connectivity index (χ3v) is 5.39. The van der Waals surface area contributed by atoms with Crippen molar-refractivity contribution >= 4 is 33.5 Å². The Morgan fingerprint density at radius 1 is 1.11 bits per heavy atom. The smallest absolute Gasteiger partial charge is 0.206 e. The van der Waals surface area contributed by atoms with Gasteiger partial charge in [-0.05, 0) is 49.7 Å². The van der Waals surface area contributed by atoms with E-state index in [0.29, 0.717) is 13.2 Å². The van der Waals surface area contributed by atoms with E-state index >= 15 is 0 Å². The Balaban J connectivity index is 1.75. The Labute approximate surface area is 176 Å². The predicted molar refractivity (Wildman–Crippen MR) is 117 cm³/mol. The lowest BCUT2D eigenvalue weighted by atomic mass is 10.2. The van der Waals surface area contributed by atoms with Crippen molar-refractivity contribution in [3.63, 3.8) is 0 Å². The number of halogens is 1. The molecule has 3 aromatic rings. The molecule has 0 amide bonds.